The summed E-state index contributed by atoms with van der Waals surface area (Å²) in [5.74, 6) is -1.24. The molecule has 0 aliphatic heterocycles. The van der Waals surface area contributed by atoms with Crippen LogP contribution in [-0.4, -0.2) is 37.6 Å². The van der Waals surface area contributed by atoms with Crippen LogP contribution in [0.25, 0.3) is 11.0 Å². The van der Waals surface area contributed by atoms with Crippen molar-refractivity contribution in [3.05, 3.63) is 59.9 Å². The highest BCUT2D eigenvalue weighted by Gasteiger charge is 2.25. The maximum Gasteiger partial charge on any atom is 0.343 e. The van der Waals surface area contributed by atoms with Crippen LogP contribution < -0.4 is 9.62 Å². The first-order valence-corrected chi connectivity index (χ1v) is 9.16. The van der Waals surface area contributed by atoms with Crippen molar-refractivity contribution in [3.63, 3.8) is 0 Å². The van der Waals surface area contributed by atoms with E-state index >= 15 is 0 Å². The minimum absolute atomic E-state index is 0.0322. The summed E-state index contributed by atoms with van der Waals surface area (Å²) in [6, 6.07) is 13.4. The zero-order chi connectivity index (χ0) is 19.6. The molecule has 8 heteroatoms. The van der Waals surface area contributed by atoms with Gasteiger partial charge in [0.1, 0.15) is 22.5 Å². The third kappa shape index (κ3) is 3.91. The van der Waals surface area contributed by atoms with Gasteiger partial charge < -0.3 is 18.6 Å². The molecule has 0 radical (unpaired) electrons. The van der Waals surface area contributed by atoms with Crippen molar-refractivity contribution in [2.24, 2.45) is 0 Å². The minimum atomic E-state index is -1.95. The second-order valence-corrected chi connectivity index (χ2v) is 7.10. The van der Waals surface area contributed by atoms with Crippen molar-refractivity contribution in [1.82, 2.24) is 4.72 Å². The summed E-state index contributed by atoms with van der Waals surface area (Å²) in [4.78, 5) is 26.3. The molecule has 0 spiro atoms. The third-order valence-electron chi connectivity index (χ3n) is 3.92. The van der Waals surface area contributed by atoms with Crippen LogP contribution >= 0.6 is 0 Å². The lowest BCUT2D eigenvalue weighted by Gasteiger charge is -2.12. The maximum absolute atomic E-state index is 12.6. The lowest BCUT2D eigenvalue weighted by atomic mass is 10.2. The molecule has 0 bridgehead atoms. The number of fused-ring (bicyclic) bond motifs is 1. The van der Waals surface area contributed by atoms with Crippen molar-refractivity contribution < 1.29 is 23.3 Å². The van der Waals surface area contributed by atoms with Crippen LogP contribution in [-0.2, 0) is 16.1 Å². The van der Waals surface area contributed by atoms with E-state index in [4.69, 9.17) is 4.42 Å². The van der Waals surface area contributed by atoms with E-state index in [9.17, 15) is 14.1 Å². The molecule has 140 valence electrons. The first-order chi connectivity index (χ1) is 12.9. The number of methoxy groups -OCH3 is 1. The first kappa shape index (κ1) is 18.8. The van der Waals surface area contributed by atoms with Gasteiger partial charge in [-0.2, -0.15) is 4.72 Å². The van der Waals surface area contributed by atoms with Crippen LogP contribution in [0.1, 0.15) is 20.9 Å². The molecule has 1 N–H and O–H groups in total. The van der Waals surface area contributed by atoms with Crippen LogP contribution in [0.2, 0.25) is 0 Å². The van der Waals surface area contributed by atoms with Gasteiger partial charge in [-0.3, -0.25) is 4.79 Å². The predicted octanol–water partition coefficient (Wildman–Crippen LogP) is 2.74. The molecule has 1 aromatic heterocycles. The van der Waals surface area contributed by atoms with Gasteiger partial charge in [0.2, 0.25) is 0 Å². The standard InChI is InChI=1S/C19H18N2O5S/c1-21(2)13-9-8-12-10-16(26-15(12)11-13)18(22)20-27(24)17-7-5-4-6-14(17)19(23)25-3/h4-11H,1-3H3,(H,20,22). The molecule has 0 saturated heterocycles. The fraction of sp³-hybridized carbons (Fsp3) is 0.158. The quantitative estimate of drug-likeness (QED) is 0.535. The predicted molar refractivity (Wildman–Crippen MR) is 102 cm³/mol. The van der Waals surface area contributed by atoms with Gasteiger partial charge in [0.05, 0.1) is 7.11 Å². The third-order valence-corrected chi connectivity index (χ3v) is 5.05. The molecule has 0 saturated carbocycles. The second-order valence-electron chi connectivity index (χ2n) is 5.91. The number of hydrogen-bond acceptors (Lipinski definition) is 6. The Morgan fingerprint density at radius 2 is 1.89 bits per heavy atom. The number of amides is 1. The average molecular weight is 386 g/mol. The average Bonchev–Trinajstić information content (AvgIpc) is 3.10. The molecule has 2 aromatic carbocycles. The fourth-order valence-electron chi connectivity index (χ4n) is 2.51. The number of nitrogens with zero attached hydrogens (tertiary/aromatic N) is 1. The van der Waals surface area contributed by atoms with E-state index in [1.165, 1.54) is 19.2 Å². The summed E-state index contributed by atoms with van der Waals surface area (Å²) in [5, 5.41) is 0.756. The number of ether oxygens (including phenoxy) is 1. The van der Waals surface area contributed by atoms with Gasteiger partial charge in [0, 0.05) is 31.2 Å². The molecule has 3 rings (SSSR count). The second kappa shape index (κ2) is 7.73. The van der Waals surface area contributed by atoms with E-state index in [0.717, 1.165) is 11.1 Å². The molecular weight excluding hydrogens is 368 g/mol. The summed E-state index contributed by atoms with van der Waals surface area (Å²) in [6.07, 6.45) is 0. The fourth-order valence-corrected chi connectivity index (χ4v) is 3.44. The molecule has 27 heavy (non-hydrogen) atoms. The van der Waals surface area contributed by atoms with Gasteiger partial charge in [0.15, 0.2) is 10.7 Å². The number of carbonyl (C=O) groups excluding carboxylic acids is 2. The molecule has 1 unspecified atom stereocenters. The summed E-state index contributed by atoms with van der Waals surface area (Å²) >= 11 is -1.95. The Morgan fingerprint density at radius 1 is 1.15 bits per heavy atom. The number of benzene rings is 2. The highest BCUT2D eigenvalue weighted by atomic mass is 32.2. The van der Waals surface area contributed by atoms with Gasteiger partial charge in [0.25, 0.3) is 0 Å². The lowest BCUT2D eigenvalue weighted by molar-refractivity contribution is 0.0596. The number of carbonyl (C=O) groups is 2. The van der Waals surface area contributed by atoms with E-state index in [1.54, 1.807) is 18.2 Å². The molecular formula is C19H18N2O5S. The largest absolute Gasteiger partial charge is 0.588 e. The van der Waals surface area contributed by atoms with Gasteiger partial charge in [-0.25, -0.2) is 4.79 Å². The molecule has 0 aliphatic rings. The number of anilines is 1. The van der Waals surface area contributed by atoms with Crippen molar-refractivity contribution >= 4 is 39.9 Å². The van der Waals surface area contributed by atoms with Crippen LogP contribution in [0.5, 0.6) is 0 Å². The Hall–Kier alpha value is -2.97. The lowest BCUT2D eigenvalue weighted by Crippen LogP contribution is -2.31. The Balaban J connectivity index is 1.83. The minimum Gasteiger partial charge on any atom is -0.588 e. The number of rotatable bonds is 5. The normalized spacial score (nSPS) is 11.9. The van der Waals surface area contributed by atoms with E-state index in [-0.39, 0.29) is 16.2 Å². The highest BCUT2D eigenvalue weighted by molar-refractivity contribution is 7.90. The smallest absolute Gasteiger partial charge is 0.343 e. The number of esters is 1. The Morgan fingerprint density at radius 3 is 2.59 bits per heavy atom. The van der Waals surface area contributed by atoms with E-state index in [0.29, 0.717) is 5.58 Å². The molecule has 0 aliphatic carbocycles. The van der Waals surface area contributed by atoms with E-state index in [1.807, 2.05) is 37.2 Å². The molecule has 1 amide bonds. The first-order valence-electron chi connectivity index (χ1n) is 8.01. The van der Waals surface area contributed by atoms with Crippen LogP contribution in [0.3, 0.4) is 0 Å². The number of furan rings is 1. The molecule has 3 aromatic rings. The van der Waals surface area contributed by atoms with Gasteiger partial charge in [-0.05, 0) is 30.3 Å². The zero-order valence-electron chi connectivity index (χ0n) is 15.0. The summed E-state index contributed by atoms with van der Waals surface area (Å²) < 4.78 is 25.2. The molecule has 1 heterocycles. The van der Waals surface area contributed by atoms with Crippen molar-refractivity contribution in [2.45, 2.75) is 4.90 Å². The van der Waals surface area contributed by atoms with Gasteiger partial charge in [-0.1, -0.05) is 12.1 Å². The van der Waals surface area contributed by atoms with Crippen molar-refractivity contribution in [2.75, 3.05) is 26.1 Å². The number of hydrogen-bond donors (Lipinski definition) is 1. The van der Waals surface area contributed by atoms with Crippen molar-refractivity contribution in [1.29, 1.82) is 0 Å². The summed E-state index contributed by atoms with van der Waals surface area (Å²) in [6.45, 7) is 0. The molecule has 7 nitrogen and oxygen atoms in total. The maximum atomic E-state index is 12.6. The van der Waals surface area contributed by atoms with Crippen LogP contribution in [0, 0.1) is 0 Å². The van der Waals surface area contributed by atoms with E-state index in [2.05, 4.69) is 9.46 Å². The van der Waals surface area contributed by atoms with Gasteiger partial charge in [-0.15, -0.1) is 0 Å². The Bertz CT molecular complexity index is 999. The monoisotopic (exact) mass is 386 g/mol. The van der Waals surface area contributed by atoms with Crippen LogP contribution in [0.15, 0.2) is 57.8 Å². The highest BCUT2D eigenvalue weighted by Crippen LogP contribution is 2.25. The summed E-state index contributed by atoms with van der Waals surface area (Å²) in [7, 11) is 5.04. The SMILES string of the molecule is COC(=O)c1ccccc1[S+]([O-])NC(=O)c1cc2ccc(N(C)C)cc2o1. The van der Waals surface area contributed by atoms with Gasteiger partial charge >= 0.3 is 11.9 Å². The molecule has 1 atom stereocenters. The van der Waals surface area contributed by atoms with Crippen LogP contribution in [0.4, 0.5) is 5.69 Å². The topological polar surface area (TPSA) is 94.8 Å². The van der Waals surface area contributed by atoms with E-state index < -0.39 is 23.2 Å². The Labute approximate surface area is 159 Å². The zero-order valence-corrected chi connectivity index (χ0v) is 15.8. The number of nitrogens with one attached hydrogen (secondary N) is 1. The summed E-state index contributed by atoms with van der Waals surface area (Å²) in [5.41, 5.74) is 1.60. The Kier molecular flexibility index (Phi) is 5.38. The van der Waals surface area contributed by atoms with Crippen molar-refractivity contribution in [3.8, 4) is 0 Å². The molecule has 0 fully saturated rings.